The van der Waals surface area contributed by atoms with Gasteiger partial charge in [0.1, 0.15) is 18.4 Å². The highest BCUT2D eigenvalue weighted by atomic mass is 19.2. The fourth-order valence-corrected chi connectivity index (χ4v) is 2.82. The molecule has 0 heterocycles. The summed E-state index contributed by atoms with van der Waals surface area (Å²) in [6.07, 6.45) is -0.00666. The predicted molar refractivity (Wildman–Crippen MR) is 106 cm³/mol. The normalized spacial score (nSPS) is 11.5. The molecule has 7 heteroatoms. The summed E-state index contributed by atoms with van der Waals surface area (Å²) in [6, 6.07) is 17.8. The van der Waals surface area contributed by atoms with E-state index in [9.17, 15) is 23.5 Å². The van der Waals surface area contributed by atoms with E-state index in [2.05, 4.69) is 5.32 Å². The maximum atomic E-state index is 13.3. The number of ether oxygens (including phenoxy) is 1. The second kappa shape index (κ2) is 9.65. The molecule has 0 radical (unpaired) electrons. The molecular weight excluding hydrogens is 392 g/mol. The smallest absolute Gasteiger partial charge is 0.326 e. The van der Waals surface area contributed by atoms with E-state index < -0.39 is 29.6 Å². The number of aliphatic carboxylic acids is 1. The minimum absolute atomic E-state index is 0.00666. The third-order valence-corrected chi connectivity index (χ3v) is 4.37. The topological polar surface area (TPSA) is 75.6 Å². The summed E-state index contributed by atoms with van der Waals surface area (Å²) in [5.74, 6) is -3.77. The number of hydrogen-bond acceptors (Lipinski definition) is 3. The van der Waals surface area contributed by atoms with E-state index in [1.807, 2.05) is 30.3 Å². The van der Waals surface area contributed by atoms with Crippen LogP contribution in [0.2, 0.25) is 0 Å². The summed E-state index contributed by atoms with van der Waals surface area (Å²) in [7, 11) is 0. The molecule has 0 spiro atoms. The Morgan fingerprint density at radius 1 is 0.900 bits per heavy atom. The second-order valence-electron chi connectivity index (χ2n) is 6.62. The molecule has 3 rings (SSSR count). The molecule has 0 aliphatic rings. The molecule has 0 bridgehead atoms. The van der Waals surface area contributed by atoms with Crippen LogP contribution in [0.1, 0.15) is 21.5 Å². The third kappa shape index (κ3) is 5.64. The summed E-state index contributed by atoms with van der Waals surface area (Å²) in [6.45, 7) is 0.361. The van der Waals surface area contributed by atoms with Crippen LogP contribution < -0.4 is 10.1 Å². The van der Waals surface area contributed by atoms with Gasteiger partial charge in [0.2, 0.25) is 0 Å². The van der Waals surface area contributed by atoms with E-state index in [-0.39, 0.29) is 12.0 Å². The molecule has 0 aliphatic heterocycles. The quantitative estimate of drug-likeness (QED) is 0.588. The maximum absolute atomic E-state index is 13.3. The molecule has 5 nitrogen and oxygen atoms in total. The van der Waals surface area contributed by atoms with Gasteiger partial charge in [-0.25, -0.2) is 13.6 Å². The zero-order chi connectivity index (χ0) is 21.5. The highest BCUT2D eigenvalue weighted by Crippen LogP contribution is 2.17. The fourth-order valence-electron chi connectivity index (χ4n) is 2.82. The van der Waals surface area contributed by atoms with Crippen LogP contribution in [0.15, 0.2) is 72.8 Å². The van der Waals surface area contributed by atoms with Crippen molar-refractivity contribution in [2.24, 2.45) is 0 Å². The molecule has 2 N–H and O–H groups in total. The number of rotatable bonds is 8. The van der Waals surface area contributed by atoms with Gasteiger partial charge in [0.15, 0.2) is 11.6 Å². The second-order valence-corrected chi connectivity index (χ2v) is 6.62. The zero-order valence-corrected chi connectivity index (χ0v) is 15.8. The van der Waals surface area contributed by atoms with Crippen LogP contribution in [0.25, 0.3) is 0 Å². The number of carboxylic acid groups (broad SMARTS) is 1. The van der Waals surface area contributed by atoms with Gasteiger partial charge in [-0.2, -0.15) is 0 Å². The van der Waals surface area contributed by atoms with Crippen LogP contribution in [0.3, 0.4) is 0 Å². The van der Waals surface area contributed by atoms with Crippen molar-refractivity contribution in [1.29, 1.82) is 0 Å². The van der Waals surface area contributed by atoms with Crippen molar-refractivity contribution in [3.63, 3.8) is 0 Å². The highest BCUT2D eigenvalue weighted by Gasteiger charge is 2.22. The Kier molecular flexibility index (Phi) is 6.75. The van der Waals surface area contributed by atoms with Crippen molar-refractivity contribution >= 4 is 11.9 Å². The van der Waals surface area contributed by atoms with Gasteiger partial charge in [-0.15, -0.1) is 0 Å². The Bertz CT molecular complexity index is 1040. The van der Waals surface area contributed by atoms with Crippen LogP contribution in [-0.2, 0) is 17.8 Å². The number of nitrogens with one attached hydrogen (secondary N) is 1. The highest BCUT2D eigenvalue weighted by molar-refractivity contribution is 5.96. The minimum atomic E-state index is -1.25. The number of benzene rings is 3. The summed E-state index contributed by atoms with van der Waals surface area (Å²) >= 11 is 0. The number of halogens is 2. The summed E-state index contributed by atoms with van der Waals surface area (Å²) in [5.41, 5.74) is 1.46. The van der Waals surface area contributed by atoms with E-state index in [0.29, 0.717) is 17.9 Å². The Morgan fingerprint density at radius 3 is 2.33 bits per heavy atom. The van der Waals surface area contributed by atoms with E-state index in [1.165, 1.54) is 0 Å². The lowest BCUT2D eigenvalue weighted by atomic mass is 10.0. The van der Waals surface area contributed by atoms with Gasteiger partial charge in [-0.05, 0) is 41.5 Å². The maximum Gasteiger partial charge on any atom is 0.326 e. The van der Waals surface area contributed by atoms with Gasteiger partial charge < -0.3 is 15.2 Å². The molecule has 0 fully saturated rings. The standard InChI is InChI=1S/C23H19F2NO4/c24-19-10-9-17(13-20(19)25)22(27)26-21(23(28)29)12-16-7-4-8-18(11-16)30-14-15-5-2-1-3-6-15/h1-11,13,21H,12,14H2,(H,26,27)(H,28,29)/t21-/m0/s1. The molecule has 0 saturated heterocycles. The van der Waals surface area contributed by atoms with Crippen LogP contribution in [0.4, 0.5) is 8.78 Å². The van der Waals surface area contributed by atoms with Crippen molar-refractivity contribution in [3.8, 4) is 5.75 Å². The van der Waals surface area contributed by atoms with E-state index in [0.717, 1.165) is 23.8 Å². The van der Waals surface area contributed by atoms with Crippen molar-refractivity contribution < 1.29 is 28.2 Å². The van der Waals surface area contributed by atoms with Gasteiger partial charge in [0, 0.05) is 12.0 Å². The Hall–Kier alpha value is -3.74. The van der Waals surface area contributed by atoms with Crippen molar-refractivity contribution in [2.45, 2.75) is 19.1 Å². The van der Waals surface area contributed by atoms with E-state index >= 15 is 0 Å². The molecule has 0 saturated carbocycles. The number of carbonyl (C=O) groups is 2. The Morgan fingerprint density at radius 2 is 1.63 bits per heavy atom. The molecule has 30 heavy (non-hydrogen) atoms. The largest absolute Gasteiger partial charge is 0.489 e. The molecule has 1 atom stereocenters. The SMILES string of the molecule is O=C(N[C@@H](Cc1cccc(OCc2ccccc2)c1)C(=O)O)c1ccc(F)c(F)c1. The summed E-state index contributed by atoms with van der Waals surface area (Å²) in [5, 5.41) is 11.8. The molecular formula is C23H19F2NO4. The van der Waals surface area contributed by atoms with Gasteiger partial charge >= 0.3 is 5.97 Å². The molecule has 0 aliphatic carbocycles. The van der Waals surface area contributed by atoms with Crippen molar-refractivity contribution in [2.75, 3.05) is 0 Å². The number of amides is 1. The lowest BCUT2D eigenvalue weighted by Gasteiger charge is -2.15. The lowest BCUT2D eigenvalue weighted by Crippen LogP contribution is -2.42. The lowest BCUT2D eigenvalue weighted by molar-refractivity contribution is -0.139. The van der Waals surface area contributed by atoms with Crippen LogP contribution in [-0.4, -0.2) is 23.0 Å². The molecule has 0 aromatic heterocycles. The summed E-state index contributed by atoms with van der Waals surface area (Å²) in [4.78, 5) is 23.9. The first-order valence-corrected chi connectivity index (χ1v) is 9.17. The van der Waals surface area contributed by atoms with Crippen molar-refractivity contribution in [1.82, 2.24) is 5.32 Å². The van der Waals surface area contributed by atoms with Crippen molar-refractivity contribution in [3.05, 3.63) is 101 Å². The average Bonchev–Trinajstić information content (AvgIpc) is 2.74. The average molecular weight is 411 g/mol. The van der Waals surface area contributed by atoms with E-state index in [1.54, 1.807) is 24.3 Å². The third-order valence-electron chi connectivity index (χ3n) is 4.37. The predicted octanol–water partition coefficient (Wildman–Crippen LogP) is 3.97. The summed E-state index contributed by atoms with van der Waals surface area (Å²) < 4.78 is 32.1. The fraction of sp³-hybridized carbons (Fsp3) is 0.130. The van der Waals surface area contributed by atoms with Gasteiger partial charge in [-0.1, -0.05) is 42.5 Å². The molecule has 3 aromatic rings. The number of carbonyl (C=O) groups excluding carboxylic acids is 1. The Balaban J connectivity index is 1.66. The number of hydrogen-bond donors (Lipinski definition) is 2. The minimum Gasteiger partial charge on any atom is -0.489 e. The zero-order valence-electron chi connectivity index (χ0n) is 15.8. The number of carboxylic acids is 1. The monoisotopic (exact) mass is 411 g/mol. The molecule has 154 valence electrons. The first-order chi connectivity index (χ1) is 14.4. The van der Waals surface area contributed by atoms with Crippen LogP contribution in [0.5, 0.6) is 5.75 Å². The van der Waals surface area contributed by atoms with E-state index in [4.69, 9.17) is 4.74 Å². The Labute approximate surface area is 171 Å². The van der Waals surface area contributed by atoms with Crippen LogP contribution >= 0.6 is 0 Å². The molecule has 0 unspecified atom stereocenters. The van der Waals surface area contributed by atoms with Gasteiger partial charge in [0.25, 0.3) is 5.91 Å². The van der Waals surface area contributed by atoms with Gasteiger partial charge in [0.05, 0.1) is 0 Å². The van der Waals surface area contributed by atoms with Crippen LogP contribution in [0, 0.1) is 11.6 Å². The first-order valence-electron chi connectivity index (χ1n) is 9.17. The first kappa shape index (κ1) is 21.0. The molecule has 1 amide bonds. The van der Waals surface area contributed by atoms with Gasteiger partial charge in [-0.3, -0.25) is 4.79 Å². The molecule has 3 aromatic carbocycles.